The molecule has 0 saturated heterocycles. The Hall–Kier alpha value is -2.07. The molecule has 0 aliphatic rings. The quantitative estimate of drug-likeness (QED) is 0.869. The fourth-order valence-corrected chi connectivity index (χ4v) is 2.10. The topological polar surface area (TPSA) is 42.4 Å². The van der Waals surface area contributed by atoms with Gasteiger partial charge in [-0.3, -0.25) is 9.78 Å². The molecule has 0 aliphatic carbocycles. The number of aromatic nitrogens is 1. The van der Waals surface area contributed by atoms with Crippen LogP contribution >= 0.6 is 11.6 Å². The molecule has 0 aliphatic heterocycles. The molecule has 1 aromatic heterocycles. The third-order valence-electron chi connectivity index (χ3n) is 2.91. The van der Waals surface area contributed by atoms with Gasteiger partial charge in [0.05, 0.1) is 12.7 Å². The summed E-state index contributed by atoms with van der Waals surface area (Å²) in [7, 11) is 3.32. The fourth-order valence-electron chi connectivity index (χ4n) is 1.91. The standard InChI is InChI=1S/C15H15ClN2O2/c1-18(15(19)11-4-3-7-17-9-11)10-12-8-13(16)5-6-14(12)20-2/h3-9H,10H2,1-2H3. The molecule has 20 heavy (non-hydrogen) atoms. The van der Waals surface area contributed by atoms with Crippen LogP contribution in [0, 0.1) is 0 Å². The van der Waals surface area contributed by atoms with Gasteiger partial charge in [-0.25, -0.2) is 0 Å². The van der Waals surface area contributed by atoms with Gasteiger partial charge in [-0.05, 0) is 30.3 Å². The summed E-state index contributed by atoms with van der Waals surface area (Å²) in [6.07, 6.45) is 3.19. The Morgan fingerprint density at radius 3 is 2.85 bits per heavy atom. The Morgan fingerprint density at radius 2 is 2.20 bits per heavy atom. The summed E-state index contributed by atoms with van der Waals surface area (Å²) in [5.74, 6) is 0.611. The molecular weight excluding hydrogens is 276 g/mol. The van der Waals surface area contributed by atoms with E-state index in [0.717, 1.165) is 5.56 Å². The molecule has 0 atom stereocenters. The highest BCUT2D eigenvalue weighted by molar-refractivity contribution is 6.30. The minimum atomic E-state index is -0.0971. The molecule has 0 spiro atoms. The minimum Gasteiger partial charge on any atom is -0.496 e. The molecule has 0 N–H and O–H groups in total. The van der Waals surface area contributed by atoms with Crippen molar-refractivity contribution in [1.29, 1.82) is 0 Å². The first kappa shape index (κ1) is 14.3. The van der Waals surface area contributed by atoms with E-state index < -0.39 is 0 Å². The molecule has 0 radical (unpaired) electrons. The predicted octanol–water partition coefficient (Wildman–Crippen LogP) is 3.02. The van der Waals surface area contributed by atoms with E-state index in [1.165, 1.54) is 0 Å². The lowest BCUT2D eigenvalue weighted by Gasteiger charge is -2.19. The van der Waals surface area contributed by atoms with Crippen molar-refractivity contribution in [1.82, 2.24) is 9.88 Å². The summed E-state index contributed by atoms with van der Waals surface area (Å²) < 4.78 is 5.28. The Balaban J connectivity index is 2.17. The monoisotopic (exact) mass is 290 g/mol. The van der Waals surface area contributed by atoms with E-state index in [9.17, 15) is 4.79 Å². The number of ether oxygens (including phenoxy) is 1. The maximum absolute atomic E-state index is 12.2. The van der Waals surface area contributed by atoms with Gasteiger partial charge in [0.25, 0.3) is 5.91 Å². The number of rotatable bonds is 4. The molecule has 0 saturated carbocycles. The Bertz CT molecular complexity index is 602. The first-order chi connectivity index (χ1) is 9.61. The van der Waals surface area contributed by atoms with Crippen LogP contribution < -0.4 is 4.74 Å². The average Bonchev–Trinajstić information content (AvgIpc) is 2.47. The van der Waals surface area contributed by atoms with Crippen LogP contribution in [-0.2, 0) is 6.54 Å². The third-order valence-corrected chi connectivity index (χ3v) is 3.14. The molecule has 2 rings (SSSR count). The van der Waals surface area contributed by atoms with Crippen molar-refractivity contribution in [2.75, 3.05) is 14.2 Å². The van der Waals surface area contributed by atoms with Crippen molar-refractivity contribution < 1.29 is 9.53 Å². The van der Waals surface area contributed by atoms with Crippen LogP contribution in [0.3, 0.4) is 0 Å². The molecule has 0 fully saturated rings. The van der Waals surface area contributed by atoms with E-state index in [1.54, 1.807) is 61.8 Å². The number of amides is 1. The summed E-state index contributed by atoms with van der Waals surface area (Å²) in [5.41, 5.74) is 1.41. The van der Waals surface area contributed by atoms with Crippen LogP contribution in [0.2, 0.25) is 5.02 Å². The highest BCUT2D eigenvalue weighted by atomic mass is 35.5. The van der Waals surface area contributed by atoms with E-state index in [-0.39, 0.29) is 5.91 Å². The van der Waals surface area contributed by atoms with Crippen molar-refractivity contribution in [2.45, 2.75) is 6.54 Å². The molecule has 1 aromatic carbocycles. The summed E-state index contributed by atoms with van der Waals surface area (Å²) in [5, 5.41) is 0.614. The maximum atomic E-state index is 12.2. The highest BCUT2D eigenvalue weighted by Crippen LogP contribution is 2.24. The number of nitrogens with zero attached hydrogens (tertiary/aromatic N) is 2. The van der Waals surface area contributed by atoms with Crippen LogP contribution in [0.15, 0.2) is 42.7 Å². The maximum Gasteiger partial charge on any atom is 0.255 e. The molecule has 1 amide bonds. The van der Waals surface area contributed by atoms with E-state index in [0.29, 0.717) is 22.9 Å². The van der Waals surface area contributed by atoms with E-state index in [4.69, 9.17) is 16.3 Å². The summed E-state index contributed by atoms with van der Waals surface area (Å²) >= 11 is 5.98. The fraction of sp³-hybridized carbons (Fsp3) is 0.200. The van der Waals surface area contributed by atoms with Crippen LogP contribution in [-0.4, -0.2) is 29.9 Å². The lowest BCUT2D eigenvalue weighted by Crippen LogP contribution is -2.26. The van der Waals surface area contributed by atoms with Gasteiger partial charge in [-0.15, -0.1) is 0 Å². The second-order valence-electron chi connectivity index (χ2n) is 4.36. The molecule has 0 unspecified atom stereocenters. The van der Waals surface area contributed by atoms with Crippen LogP contribution in [0.5, 0.6) is 5.75 Å². The lowest BCUT2D eigenvalue weighted by molar-refractivity contribution is 0.0784. The second kappa shape index (κ2) is 6.39. The lowest BCUT2D eigenvalue weighted by atomic mass is 10.1. The Kier molecular flexibility index (Phi) is 4.58. The zero-order valence-corrected chi connectivity index (χ0v) is 12.1. The number of carbonyl (C=O) groups excluding carboxylic acids is 1. The Labute approximate surface area is 123 Å². The van der Waals surface area contributed by atoms with Gasteiger partial charge in [0.15, 0.2) is 0 Å². The summed E-state index contributed by atoms with van der Waals surface area (Å²) in [6, 6.07) is 8.82. The average molecular weight is 291 g/mol. The molecule has 1 heterocycles. The highest BCUT2D eigenvalue weighted by Gasteiger charge is 2.14. The third kappa shape index (κ3) is 3.27. The van der Waals surface area contributed by atoms with Gasteiger partial charge < -0.3 is 9.64 Å². The van der Waals surface area contributed by atoms with Crippen molar-refractivity contribution >= 4 is 17.5 Å². The number of hydrogen-bond donors (Lipinski definition) is 0. The van der Waals surface area contributed by atoms with Gasteiger partial charge in [0.1, 0.15) is 5.75 Å². The number of carbonyl (C=O) groups is 1. The smallest absolute Gasteiger partial charge is 0.255 e. The van der Waals surface area contributed by atoms with Gasteiger partial charge >= 0.3 is 0 Å². The van der Waals surface area contributed by atoms with E-state index >= 15 is 0 Å². The number of hydrogen-bond acceptors (Lipinski definition) is 3. The van der Waals surface area contributed by atoms with Crippen LogP contribution in [0.1, 0.15) is 15.9 Å². The van der Waals surface area contributed by atoms with Gasteiger partial charge in [0, 0.05) is 36.6 Å². The van der Waals surface area contributed by atoms with Gasteiger partial charge in [0.2, 0.25) is 0 Å². The van der Waals surface area contributed by atoms with Crippen molar-refractivity contribution in [3.8, 4) is 5.75 Å². The van der Waals surface area contributed by atoms with Crippen molar-refractivity contribution in [3.63, 3.8) is 0 Å². The van der Waals surface area contributed by atoms with Crippen molar-refractivity contribution in [3.05, 3.63) is 58.9 Å². The molecular formula is C15H15ClN2O2. The van der Waals surface area contributed by atoms with Crippen LogP contribution in [0.4, 0.5) is 0 Å². The zero-order valence-electron chi connectivity index (χ0n) is 11.3. The molecule has 104 valence electrons. The van der Waals surface area contributed by atoms with E-state index in [2.05, 4.69) is 4.98 Å². The SMILES string of the molecule is COc1ccc(Cl)cc1CN(C)C(=O)c1cccnc1. The minimum absolute atomic E-state index is 0.0971. The number of pyridine rings is 1. The normalized spacial score (nSPS) is 10.2. The van der Waals surface area contributed by atoms with Gasteiger partial charge in [-0.1, -0.05) is 11.6 Å². The first-order valence-corrected chi connectivity index (χ1v) is 6.47. The molecule has 2 aromatic rings. The zero-order chi connectivity index (χ0) is 14.5. The summed E-state index contributed by atoms with van der Waals surface area (Å²) in [4.78, 5) is 17.8. The van der Waals surface area contributed by atoms with Crippen LogP contribution in [0.25, 0.3) is 0 Å². The molecule has 0 bridgehead atoms. The molecule has 4 nitrogen and oxygen atoms in total. The molecule has 5 heteroatoms. The largest absolute Gasteiger partial charge is 0.496 e. The second-order valence-corrected chi connectivity index (χ2v) is 4.80. The van der Waals surface area contributed by atoms with E-state index in [1.807, 2.05) is 0 Å². The van der Waals surface area contributed by atoms with Crippen molar-refractivity contribution in [2.24, 2.45) is 0 Å². The van der Waals surface area contributed by atoms with Gasteiger partial charge in [-0.2, -0.15) is 0 Å². The summed E-state index contributed by atoms with van der Waals surface area (Å²) in [6.45, 7) is 0.414. The number of methoxy groups -OCH3 is 1. The number of benzene rings is 1. The Morgan fingerprint density at radius 1 is 1.40 bits per heavy atom. The predicted molar refractivity (Wildman–Crippen MR) is 78.0 cm³/mol. The first-order valence-electron chi connectivity index (χ1n) is 6.09. The number of halogens is 1.